The predicted molar refractivity (Wildman–Crippen MR) is 115 cm³/mol. The molecule has 0 radical (unpaired) electrons. The highest BCUT2D eigenvalue weighted by molar-refractivity contribution is 9.11. The molecular weight excluding hydrogens is 477 g/mol. The van der Waals surface area contributed by atoms with Gasteiger partial charge in [0.15, 0.2) is 0 Å². The van der Waals surface area contributed by atoms with Crippen molar-refractivity contribution in [3.05, 3.63) is 44.8 Å². The van der Waals surface area contributed by atoms with Crippen molar-refractivity contribution in [2.75, 3.05) is 29.4 Å². The SMILES string of the molecule is O=C(NC[C@H]1CN(c2ccc(N3CCCCC3=O)c(F)c2)C(=O)O1)c1ccc(Br)s1. The lowest BCUT2D eigenvalue weighted by Crippen LogP contribution is -2.36. The average molecular weight is 496 g/mol. The zero-order valence-electron chi connectivity index (χ0n) is 15.9. The van der Waals surface area contributed by atoms with Crippen LogP contribution in [0.15, 0.2) is 34.1 Å². The number of nitrogens with one attached hydrogen (secondary N) is 1. The Bertz CT molecular complexity index is 998. The Morgan fingerprint density at radius 2 is 2.07 bits per heavy atom. The Hall–Kier alpha value is -2.46. The van der Waals surface area contributed by atoms with E-state index in [1.54, 1.807) is 18.2 Å². The van der Waals surface area contributed by atoms with Gasteiger partial charge in [-0.25, -0.2) is 9.18 Å². The number of benzene rings is 1. The minimum absolute atomic E-state index is 0.0953. The summed E-state index contributed by atoms with van der Waals surface area (Å²) < 4.78 is 20.8. The van der Waals surface area contributed by atoms with E-state index in [-0.39, 0.29) is 30.6 Å². The molecular formula is C20H19BrFN3O4S. The van der Waals surface area contributed by atoms with Crippen LogP contribution in [0.25, 0.3) is 0 Å². The number of anilines is 2. The molecule has 2 aliphatic rings. The fourth-order valence-electron chi connectivity index (χ4n) is 3.51. The summed E-state index contributed by atoms with van der Waals surface area (Å²) >= 11 is 4.62. The van der Waals surface area contributed by atoms with Gasteiger partial charge < -0.3 is 15.0 Å². The van der Waals surface area contributed by atoms with Gasteiger partial charge in [0, 0.05) is 13.0 Å². The quantitative estimate of drug-likeness (QED) is 0.681. The van der Waals surface area contributed by atoms with Crippen molar-refractivity contribution in [2.24, 2.45) is 0 Å². The van der Waals surface area contributed by atoms with Crippen molar-refractivity contribution in [1.82, 2.24) is 5.32 Å². The summed E-state index contributed by atoms with van der Waals surface area (Å²) in [6.07, 6.45) is 0.915. The third-order valence-electron chi connectivity index (χ3n) is 5.02. The number of halogens is 2. The number of carbonyl (C=O) groups excluding carboxylic acids is 3. The van der Waals surface area contributed by atoms with E-state index < -0.39 is 18.0 Å². The number of ether oxygens (including phenoxy) is 1. The molecule has 0 unspecified atom stereocenters. The maximum absolute atomic E-state index is 14.7. The second-order valence-corrected chi connectivity index (χ2v) is 9.53. The van der Waals surface area contributed by atoms with Crippen LogP contribution in [0, 0.1) is 5.82 Å². The molecule has 4 rings (SSSR count). The molecule has 7 nitrogen and oxygen atoms in total. The van der Waals surface area contributed by atoms with Crippen molar-refractivity contribution in [2.45, 2.75) is 25.4 Å². The Morgan fingerprint density at radius 1 is 1.23 bits per heavy atom. The zero-order chi connectivity index (χ0) is 21.3. The fourth-order valence-corrected chi connectivity index (χ4v) is 4.81. The normalized spacial score (nSPS) is 19.2. The Balaban J connectivity index is 1.39. The van der Waals surface area contributed by atoms with Gasteiger partial charge in [-0.1, -0.05) is 0 Å². The molecule has 2 fully saturated rings. The van der Waals surface area contributed by atoms with Gasteiger partial charge in [0.1, 0.15) is 11.9 Å². The van der Waals surface area contributed by atoms with Crippen LogP contribution in [0.1, 0.15) is 28.9 Å². The van der Waals surface area contributed by atoms with Gasteiger partial charge in [0.05, 0.1) is 33.1 Å². The van der Waals surface area contributed by atoms with Crippen LogP contribution in [0.5, 0.6) is 0 Å². The maximum Gasteiger partial charge on any atom is 0.414 e. The monoisotopic (exact) mass is 495 g/mol. The van der Waals surface area contributed by atoms with Crippen LogP contribution in [0.2, 0.25) is 0 Å². The van der Waals surface area contributed by atoms with E-state index in [2.05, 4.69) is 21.2 Å². The molecule has 3 heterocycles. The van der Waals surface area contributed by atoms with E-state index in [0.29, 0.717) is 23.5 Å². The Labute approximate surface area is 184 Å². The third-order valence-corrected chi connectivity index (χ3v) is 6.64. The number of carbonyl (C=O) groups is 3. The highest BCUT2D eigenvalue weighted by Crippen LogP contribution is 2.30. The van der Waals surface area contributed by atoms with Gasteiger partial charge in [-0.05, 0) is 59.1 Å². The molecule has 1 atom stereocenters. The first-order valence-electron chi connectivity index (χ1n) is 9.54. The van der Waals surface area contributed by atoms with E-state index in [9.17, 15) is 18.8 Å². The molecule has 2 aromatic rings. The van der Waals surface area contributed by atoms with Crippen LogP contribution in [0.3, 0.4) is 0 Å². The minimum atomic E-state index is -0.602. The summed E-state index contributed by atoms with van der Waals surface area (Å²) in [6.45, 7) is 0.831. The molecule has 10 heteroatoms. The molecule has 0 saturated carbocycles. The molecule has 0 bridgehead atoms. The van der Waals surface area contributed by atoms with Gasteiger partial charge >= 0.3 is 6.09 Å². The zero-order valence-corrected chi connectivity index (χ0v) is 18.3. The molecule has 2 saturated heterocycles. The van der Waals surface area contributed by atoms with Crippen molar-refractivity contribution in [1.29, 1.82) is 0 Å². The summed E-state index contributed by atoms with van der Waals surface area (Å²) in [5.41, 5.74) is 0.573. The van der Waals surface area contributed by atoms with Crippen LogP contribution in [0.4, 0.5) is 20.6 Å². The smallest absolute Gasteiger partial charge is 0.414 e. The third kappa shape index (κ3) is 4.34. The minimum Gasteiger partial charge on any atom is -0.442 e. The number of hydrogen-bond donors (Lipinski definition) is 1. The molecule has 0 spiro atoms. The summed E-state index contributed by atoms with van der Waals surface area (Å²) in [7, 11) is 0. The number of amides is 3. The van der Waals surface area contributed by atoms with Crippen molar-refractivity contribution in [3.63, 3.8) is 0 Å². The van der Waals surface area contributed by atoms with Crippen LogP contribution >= 0.6 is 27.3 Å². The molecule has 1 N–H and O–H groups in total. The fraction of sp³-hybridized carbons (Fsp3) is 0.350. The highest BCUT2D eigenvalue weighted by atomic mass is 79.9. The number of nitrogens with zero attached hydrogens (tertiary/aromatic N) is 2. The van der Waals surface area contributed by atoms with Crippen molar-refractivity contribution >= 4 is 56.5 Å². The lowest BCUT2D eigenvalue weighted by molar-refractivity contribution is -0.119. The first-order valence-corrected chi connectivity index (χ1v) is 11.1. The Morgan fingerprint density at radius 3 is 2.77 bits per heavy atom. The van der Waals surface area contributed by atoms with E-state index in [1.165, 1.54) is 33.3 Å². The average Bonchev–Trinajstić information content (AvgIpc) is 3.32. The summed E-state index contributed by atoms with van der Waals surface area (Å²) in [6, 6.07) is 7.85. The molecule has 1 aromatic carbocycles. The first kappa shape index (κ1) is 20.8. The largest absolute Gasteiger partial charge is 0.442 e. The number of cyclic esters (lactones) is 1. The van der Waals surface area contributed by atoms with Crippen LogP contribution < -0.4 is 15.1 Å². The number of rotatable bonds is 5. The van der Waals surface area contributed by atoms with Crippen molar-refractivity contribution in [3.8, 4) is 0 Å². The van der Waals surface area contributed by atoms with Gasteiger partial charge in [-0.15, -0.1) is 11.3 Å². The van der Waals surface area contributed by atoms with Gasteiger partial charge in [-0.2, -0.15) is 0 Å². The van der Waals surface area contributed by atoms with Crippen LogP contribution in [-0.2, 0) is 9.53 Å². The highest BCUT2D eigenvalue weighted by Gasteiger charge is 2.33. The molecule has 3 amide bonds. The second-order valence-electron chi connectivity index (χ2n) is 7.07. The second kappa shape index (κ2) is 8.73. The standard InChI is InChI=1S/C20H19BrFN3O4S/c21-17-7-6-16(30-17)19(27)23-10-13-11-25(20(28)29-13)12-4-5-15(14(22)9-12)24-8-2-1-3-18(24)26/h4-7,9,13H,1-3,8,10-11H2,(H,23,27)/t13-/m0/s1. The molecule has 30 heavy (non-hydrogen) atoms. The number of piperidine rings is 1. The Kier molecular flexibility index (Phi) is 6.05. The topological polar surface area (TPSA) is 79.0 Å². The maximum atomic E-state index is 14.7. The summed E-state index contributed by atoms with van der Waals surface area (Å²) in [4.78, 5) is 39.8. The van der Waals surface area contributed by atoms with Gasteiger partial charge in [0.2, 0.25) is 5.91 Å². The van der Waals surface area contributed by atoms with Gasteiger partial charge in [0.25, 0.3) is 5.91 Å². The van der Waals surface area contributed by atoms with E-state index >= 15 is 0 Å². The first-order chi connectivity index (χ1) is 14.4. The van der Waals surface area contributed by atoms with Gasteiger partial charge in [-0.3, -0.25) is 14.5 Å². The van der Waals surface area contributed by atoms with Crippen LogP contribution in [-0.4, -0.2) is 43.6 Å². The molecule has 158 valence electrons. The number of thiophene rings is 1. The van der Waals surface area contributed by atoms with E-state index in [1.807, 2.05) is 0 Å². The number of hydrogen-bond acceptors (Lipinski definition) is 5. The van der Waals surface area contributed by atoms with E-state index in [0.717, 1.165) is 16.6 Å². The predicted octanol–water partition coefficient (Wildman–Crippen LogP) is 3.92. The molecule has 1 aromatic heterocycles. The van der Waals surface area contributed by atoms with Crippen molar-refractivity contribution < 1.29 is 23.5 Å². The summed E-state index contributed by atoms with van der Waals surface area (Å²) in [5, 5.41) is 2.74. The molecule has 0 aliphatic carbocycles. The molecule has 2 aliphatic heterocycles. The lowest BCUT2D eigenvalue weighted by atomic mass is 10.1. The summed E-state index contributed by atoms with van der Waals surface area (Å²) in [5.74, 6) is -0.903. The van der Waals surface area contributed by atoms with E-state index in [4.69, 9.17) is 4.74 Å². The lowest BCUT2D eigenvalue weighted by Gasteiger charge is -2.27.